The van der Waals surface area contributed by atoms with Crippen LogP contribution in [0, 0.1) is 11.8 Å². The molecule has 3 aliphatic carbocycles. The predicted octanol–water partition coefficient (Wildman–Crippen LogP) is 6.13. The molecule has 1 saturated carbocycles. The van der Waals surface area contributed by atoms with Crippen LogP contribution in [0.5, 0.6) is 0 Å². The van der Waals surface area contributed by atoms with Crippen LogP contribution in [0.15, 0.2) is 34.3 Å². The van der Waals surface area contributed by atoms with E-state index in [-0.39, 0.29) is 5.41 Å². The Labute approximate surface area is 129 Å². The quantitative estimate of drug-likeness (QED) is 0.540. The Balaban J connectivity index is 1.98. The first-order valence-corrected chi connectivity index (χ1v) is 8.28. The SMILES string of the molecule is CC1C=C2CC(C2)CC(C)(c2cc(Cl)cc(Br)c2)C1. The van der Waals surface area contributed by atoms with E-state index in [1.165, 1.54) is 31.2 Å². The van der Waals surface area contributed by atoms with Crippen LogP contribution >= 0.6 is 27.5 Å². The zero-order valence-corrected chi connectivity index (χ0v) is 13.9. The Bertz CT molecular complexity index is 506. The molecular formula is C17H20BrCl. The lowest BCUT2D eigenvalue weighted by atomic mass is 9.62. The number of hydrogen-bond acceptors (Lipinski definition) is 0. The second kappa shape index (κ2) is 4.93. The topological polar surface area (TPSA) is 0 Å². The standard InChI is InChI=1S/C17H20BrCl/c1-11-3-12-4-13(5-12)10-17(2,9-11)14-6-15(18)8-16(19)7-14/h3,6-8,11,13H,4-5,9-10H2,1-2H3. The Morgan fingerprint density at radius 1 is 1.21 bits per heavy atom. The van der Waals surface area contributed by atoms with Crippen LogP contribution in [0.2, 0.25) is 5.02 Å². The normalized spacial score (nSPS) is 34.0. The number of allylic oxidation sites excluding steroid dienone is 2. The van der Waals surface area contributed by atoms with Gasteiger partial charge >= 0.3 is 0 Å². The van der Waals surface area contributed by atoms with Crippen molar-refractivity contribution in [2.75, 3.05) is 0 Å². The minimum Gasteiger partial charge on any atom is -0.0843 e. The molecule has 0 heterocycles. The molecule has 0 saturated heterocycles. The minimum atomic E-state index is 0.250. The molecule has 0 aliphatic heterocycles. The van der Waals surface area contributed by atoms with Gasteiger partial charge in [-0.3, -0.25) is 0 Å². The molecular weight excluding hydrogens is 320 g/mol. The highest BCUT2D eigenvalue weighted by Gasteiger charge is 2.37. The molecule has 4 rings (SSSR count). The molecule has 0 N–H and O–H groups in total. The number of fused-ring (bicyclic) bond motifs is 4. The Morgan fingerprint density at radius 3 is 2.63 bits per heavy atom. The van der Waals surface area contributed by atoms with Crippen LogP contribution in [-0.4, -0.2) is 0 Å². The molecule has 3 aliphatic rings. The fourth-order valence-electron chi connectivity index (χ4n) is 3.99. The highest BCUT2D eigenvalue weighted by molar-refractivity contribution is 9.10. The van der Waals surface area contributed by atoms with Gasteiger partial charge in [-0.25, -0.2) is 0 Å². The predicted molar refractivity (Wildman–Crippen MR) is 85.7 cm³/mol. The van der Waals surface area contributed by atoms with E-state index in [1.54, 1.807) is 5.57 Å². The van der Waals surface area contributed by atoms with Crippen molar-refractivity contribution >= 4 is 27.5 Å². The fourth-order valence-corrected chi connectivity index (χ4v) is 4.85. The van der Waals surface area contributed by atoms with Crippen molar-refractivity contribution < 1.29 is 0 Å². The fraction of sp³-hybridized carbons (Fsp3) is 0.529. The van der Waals surface area contributed by atoms with E-state index in [2.05, 4.69) is 48.0 Å². The van der Waals surface area contributed by atoms with Crippen molar-refractivity contribution in [3.05, 3.63) is 44.9 Å². The van der Waals surface area contributed by atoms with Crippen molar-refractivity contribution in [1.82, 2.24) is 0 Å². The van der Waals surface area contributed by atoms with Crippen LogP contribution in [0.1, 0.15) is 45.1 Å². The first-order chi connectivity index (χ1) is 8.94. The van der Waals surface area contributed by atoms with Gasteiger partial charge < -0.3 is 0 Å². The maximum absolute atomic E-state index is 6.25. The third-order valence-electron chi connectivity index (χ3n) is 4.69. The summed E-state index contributed by atoms with van der Waals surface area (Å²) >= 11 is 9.83. The van der Waals surface area contributed by atoms with E-state index >= 15 is 0 Å². The van der Waals surface area contributed by atoms with Gasteiger partial charge in [-0.05, 0) is 66.7 Å². The zero-order chi connectivity index (χ0) is 13.6. The second-order valence-corrected chi connectivity index (χ2v) is 8.06. The first kappa shape index (κ1) is 13.7. The third-order valence-corrected chi connectivity index (χ3v) is 5.37. The van der Waals surface area contributed by atoms with Crippen molar-refractivity contribution in [3.8, 4) is 0 Å². The van der Waals surface area contributed by atoms with Crippen molar-refractivity contribution in [3.63, 3.8) is 0 Å². The molecule has 19 heavy (non-hydrogen) atoms. The van der Waals surface area contributed by atoms with E-state index in [0.717, 1.165) is 15.4 Å². The van der Waals surface area contributed by atoms with E-state index in [4.69, 9.17) is 11.6 Å². The van der Waals surface area contributed by atoms with Crippen LogP contribution in [0.25, 0.3) is 0 Å². The zero-order valence-electron chi connectivity index (χ0n) is 11.5. The molecule has 0 spiro atoms. The highest BCUT2D eigenvalue weighted by atomic mass is 79.9. The van der Waals surface area contributed by atoms with Gasteiger partial charge in [0.15, 0.2) is 0 Å². The highest BCUT2D eigenvalue weighted by Crippen LogP contribution is 2.48. The van der Waals surface area contributed by atoms with Gasteiger partial charge in [0.1, 0.15) is 0 Å². The molecule has 1 aromatic carbocycles. The molecule has 2 bridgehead atoms. The number of benzene rings is 1. The summed E-state index contributed by atoms with van der Waals surface area (Å²) in [6.45, 7) is 4.77. The average molecular weight is 340 g/mol. The van der Waals surface area contributed by atoms with Gasteiger partial charge in [0.05, 0.1) is 0 Å². The molecule has 0 amide bonds. The summed E-state index contributed by atoms with van der Waals surface area (Å²) in [5.41, 5.74) is 3.33. The Hall–Kier alpha value is -0.270. The van der Waals surface area contributed by atoms with E-state index < -0.39 is 0 Å². The van der Waals surface area contributed by atoms with Gasteiger partial charge in [-0.2, -0.15) is 0 Å². The van der Waals surface area contributed by atoms with E-state index in [9.17, 15) is 0 Å². The lowest BCUT2D eigenvalue weighted by Gasteiger charge is -2.43. The van der Waals surface area contributed by atoms with E-state index in [1.807, 2.05) is 6.07 Å². The second-order valence-electron chi connectivity index (χ2n) is 6.70. The van der Waals surface area contributed by atoms with Crippen LogP contribution in [0.4, 0.5) is 0 Å². The lowest BCUT2D eigenvalue weighted by molar-refractivity contribution is 0.242. The summed E-state index contributed by atoms with van der Waals surface area (Å²) in [5, 5.41) is 0.838. The monoisotopic (exact) mass is 338 g/mol. The summed E-state index contributed by atoms with van der Waals surface area (Å²) in [7, 11) is 0. The summed E-state index contributed by atoms with van der Waals surface area (Å²) in [6, 6.07) is 6.38. The minimum absolute atomic E-state index is 0.250. The van der Waals surface area contributed by atoms with Crippen LogP contribution in [-0.2, 0) is 5.41 Å². The molecule has 0 nitrogen and oxygen atoms in total. The maximum Gasteiger partial charge on any atom is 0.0420 e. The average Bonchev–Trinajstić information content (AvgIpc) is 2.21. The lowest BCUT2D eigenvalue weighted by Crippen LogP contribution is -2.33. The molecule has 2 unspecified atom stereocenters. The maximum atomic E-state index is 6.25. The Kier molecular flexibility index (Phi) is 3.55. The van der Waals surface area contributed by atoms with Gasteiger partial charge in [-0.1, -0.05) is 53.0 Å². The number of halogens is 2. The summed E-state index contributed by atoms with van der Waals surface area (Å²) in [4.78, 5) is 0. The molecule has 1 aromatic rings. The number of hydrogen-bond donors (Lipinski definition) is 0. The number of rotatable bonds is 1. The molecule has 0 radical (unpaired) electrons. The molecule has 102 valence electrons. The van der Waals surface area contributed by atoms with Gasteiger partial charge in [0.25, 0.3) is 0 Å². The summed E-state index contributed by atoms with van der Waals surface area (Å²) in [6.07, 6.45) is 7.66. The van der Waals surface area contributed by atoms with E-state index in [0.29, 0.717) is 5.92 Å². The van der Waals surface area contributed by atoms with Gasteiger partial charge in [0, 0.05) is 9.50 Å². The summed E-state index contributed by atoms with van der Waals surface area (Å²) < 4.78 is 1.09. The van der Waals surface area contributed by atoms with Crippen molar-refractivity contribution in [2.45, 2.75) is 44.9 Å². The Morgan fingerprint density at radius 2 is 1.95 bits per heavy atom. The smallest absolute Gasteiger partial charge is 0.0420 e. The molecule has 2 atom stereocenters. The van der Waals surface area contributed by atoms with Gasteiger partial charge in [0.2, 0.25) is 0 Å². The molecule has 0 aromatic heterocycles. The van der Waals surface area contributed by atoms with Crippen molar-refractivity contribution in [2.24, 2.45) is 11.8 Å². The first-order valence-electron chi connectivity index (χ1n) is 7.11. The largest absolute Gasteiger partial charge is 0.0843 e. The van der Waals surface area contributed by atoms with Crippen LogP contribution in [0.3, 0.4) is 0 Å². The molecule has 2 heteroatoms. The molecule has 1 fully saturated rings. The van der Waals surface area contributed by atoms with Crippen LogP contribution < -0.4 is 0 Å². The van der Waals surface area contributed by atoms with Gasteiger partial charge in [-0.15, -0.1) is 0 Å². The third kappa shape index (κ3) is 2.78. The van der Waals surface area contributed by atoms with Crippen molar-refractivity contribution in [1.29, 1.82) is 0 Å². The summed E-state index contributed by atoms with van der Waals surface area (Å²) in [5.74, 6) is 1.54.